The molecular weight excluding hydrogens is 359 g/mol. The molecule has 0 unspecified atom stereocenters. The van der Waals surface area contributed by atoms with Crippen molar-refractivity contribution in [2.24, 2.45) is 0 Å². The van der Waals surface area contributed by atoms with Gasteiger partial charge >= 0.3 is 0 Å². The molecule has 0 saturated carbocycles. The summed E-state index contributed by atoms with van der Waals surface area (Å²) in [5, 5.41) is 5.16. The van der Waals surface area contributed by atoms with Crippen LogP contribution in [-0.4, -0.2) is 14.3 Å². The molecule has 0 bridgehead atoms. The van der Waals surface area contributed by atoms with Crippen molar-refractivity contribution in [1.29, 1.82) is 0 Å². The minimum atomic E-state index is -0.146. The van der Waals surface area contributed by atoms with E-state index in [1.165, 1.54) is 6.07 Å². The van der Waals surface area contributed by atoms with E-state index in [2.05, 4.69) is 5.10 Å². The third kappa shape index (κ3) is 2.58. The molecule has 0 fully saturated rings. The van der Waals surface area contributed by atoms with Crippen LogP contribution in [0.25, 0.3) is 22.4 Å². The predicted molar refractivity (Wildman–Crippen MR) is 101 cm³/mol. The fraction of sp³-hybridized carbons (Fsp3) is 0. The third-order valence-corrected chi connectivity index (χ3v) is 4.47. The van der Waals surface area contributed by atoms with Crippen molar-refractivity contribution in [2.75, 3.05) is 5.73 Å². The van der Waals surface area contributed by atoms with Gasteiger partial charge in [-0.15, -0.1) is 0 Å². The van der Waals surface area contributed by atoms with Crippen LogP contribution in [0.3, 0.4) is 0 Å². The maximum atomic E-state index is 12.4. The molecule has 0 amide bonds. The molecule has 0 spiro atoms. The summed E-state index contributed by atoms with van der Waals surface area (Å²) in [6.45, 7) is 0. The summed E-state index contributed by atoms with van der Waals surface area (Å²) in [6, 6.07) is 15.8. The molecule has 25 heavy (non-hydrogen) atoms. The first kappa shape index (κ1) is 15.7. The smallest absolute Gasteiger partial charge is 0.255 e. The van der Waals surface area contributed by atoms with Gasteiger partial charge in [0.1, 0.15) is 5.69 Å². The zero-order chi connectivity index (χ0) is 17.6. The van der Waals surface area contributed by atoms with Gasteiger partial charge in [-0.05, 0) is 30.3 Å². The number of pyridine rings is 1. The van der Waals surface area contributed by atoms with Gasteiger partial charge < -0.3 is 5.73 Å². The molecule has 2 N–H and O–H groups in total. The van der Waals surface area contributed by atoms with E-state index >= 15 is 0 Å². The topological polar surface area (TPSA) is 65.8 Å². The number of nitrogen functional groups attached to an aromatic ring is 1. The number of anilines is 1. The van der Waals surface area contributed by atoms with Gasteiger partial charge in [-0.2, -0.15) is 5.10 Å². The van der Waals surface area contributed by atoms with Gasteiger partial charge in [0.2, 0.25) is 0 Å². The van der Waals surface area contributed by atoms with Crippen LogP contribution in [0.15, 0.2) is 65.6 Å². The molecule has 2 heterocycles. The molecule has 7 heteroatoms. The Hall–Kier alpha value is -2.76. The van der Waals surface area contributed by atoms with E-state index in [9.17, 15) is 4.79 Å². The molecule has 124 valence electrons. The van der Waals surface area contributed by atoms with E-state index < -0.39 is 0 Å². The number of halogens is 2. The molecular formula is C18H12Cl2N4O. The highest BCUT2D eigenvalue weighted by Gasteiger charge is 2.16. The molecule has 0 atom stereocenters. The Morgan fingerprint density at radius 1 is 0.920 bits per heavy atom. The third-order valence-electron chi connectivity index (χ3n) is 3.90. The van der Waals surface area contributed by atoms with Gasteiger partial charge in [-0.25, -0.2) is 4.68 Å². The Balaban J connectivity index is 2.03. The maximum absolute atomic E-state index is 12.4. The van der Waals surface area contributed by atoms with Crippen LogP contribution in [0.4, 0.5) is 5.69 Å². The Morgan fingerprint density at radius 2 is 1.60 bits per heavy atom. The maximum Gasteiger partial charge on any atom is 0.255 e. The Morgan fingerprint density at radius 3 is 2.28 bits per heavy atom. The number of aromatic nitrogens is 3. The number of nitrogens with zero attached hydrogens (tertiary/aromatic N) is 3. The molecule has 2 aromatic carbocycles. The second-order valence-corrected chi connectivity index (χ2v) is 6.32. The lowest BCUT2D eigenvalue weighted by Gasteiger charge is -2.11. The van der Waals surface area contributed by atoms with Crippen LogP contribution in [0.1, 0.15) is 0 Å². The molecule has 4 aromatic rings. The van der Waals surface area contributed by atoms with E-state index in [4.69, 9.17) is 28.9 Å². The van der Waals surface area contributed by atoms with Crippen molar-refractivity contribution in [3.05, 3.63) is 81.2 Å². The second-order valence-electron chi connectivity index (χ2n) is 5.50. The van der Waals surface area contributed by atoms with Gasteiger partial charge in [0.05, 0.1) is 27.3 Å². The van der Waals surface area contributed by atoms with E-state index in [-0.39, 0.29) is 5.56 Å². The predicted octanol–water partition coefficient (Wildman–Crippen LogP) is 4.07. The molecule has 0 aliphatic carbocycles. The quantitative estimate of drug-likeness (QED) is 0.541. The number of fused-ring (bicyclic) bond motifs is 1. The number of benzene rings is 2. The summed E-state index contributed by atoms with van der Waals surface area (Å²) in [5.41, 5.74) is 8.73. The summed E-state index contributed by atoms with van der Waals surface area (Å²) in [4.78, 5) is 12.4. The number of para-hydroxylation sites is 1. The van der Waals surface area contributed by atoms with Gasteiger partial charge in [0.25, 0.3) is 5.56 Å². The highest BCUT2D eigenvalue weighted by atomic mass is 35.5. The second kappa shape index (κ2) is 5.95. The molecule has 2 aromatic heterocycles. The first-order valence-electron chi connectivity index (χ1n) is 7.46. The van der Waals surface area contributed by atoms with E-state index in [1.807, 2.05) is 30.3 Å². The average Bonchev–Trinajstić information content (AvgIpc) is 2.98. The molecule has 4 rings (SSSR count). The molecule has 0 aliphatic rings. The number of rotatable bonds is 2. The van der Waals surface area contributed by atoms with Crippen molar-refractivity contribution >= 4 is 39.9 Å². The largest absolute Gasteiger partial charge is 0.399 e. The Kier molecular flexibility index (Phi) is 3.75. The molecule has 0 aliphatic heterocycles. The van der Waals surface area contributed by atoms with Crippen LogP contribution in [0, 0.1) is 0 Å². The summed E-state index contributed by atoms with van der Waals surface area (Å²) in [7, 11) is 0. The average molecular weight is 371 g/mol. The number of nitrogens with two attached hydrogens (primary N) is 1. The minimum Gasteiger partial charge on any atom is -0.399 e. The van der Waals surface area contributed by atoms with Gasteiger partial charge in [-0.1, -0.05) is 41.4 Å². The van der Waals surface area contributed by atoms with E-state index in [1.54, 1.807) is 33.6 Å². The summed E-state index contributed by atoms with van der Waals surface area (Å²) in [5.74, 6) is 0. The highest BCUT2D eigenvalue weighted by molar-refractivity contribution is 6.38. The van der Waals surface area contributed by atoms with Crippen LogP contribution in [-0.2, 0) is 0 Å². The van der Waals surface area contributed by atoms with Crippen LogP contribution in [0.2, 0.25) is 10.0 Å². The normalized spacial score (nSPS) is 11.1. The number of hydrogen-bond acceptors (Lipinski definition) is 3. The van der Waals surface area contributed by atoms with E-state index in [0.29, 0.717) is 32.5 Å². The van der Waals surface area contributed by atoms with Gasteiger partial charge in [0, 0.05) is 17.4 Å². The highest BCUT2D eigenvalue weighted by Crippen LogP contribution is 2.33. The monoisotopic (exact) mass is 370 g/mol. The first-order valence-corrected chi connectivity index (χ1v) is 8.22. The van der Waals surface area contributed by atoms with Gasteiger partial charge in [0.15, 0.2) is 0 Å². The van der Waals surface area contributed by atoms with Crippen molar-refractivity contribution in [3.8, 4) is 11.4 Å². The van der Waals surface area contributed by atoms with Crippen LogP contribution < -0.4 is 11.3 Å². The zero-order valence-electron chi connectivity index (χ0n) is 12.9. The van der Waals surface area contributed by atoms with Crippen LogP contribution in [0.5, 0.6) is 0 Å². The summed E-state index contributed by atoms with van der Waals surface area (Å²) >= 11 is 12.6. The van der Waals surface area contributed by atoms with E-state index in [0.717, 1.165) is 5.69 Å². The zero-order valence-corrected chi connectivity index (χ0v) is 14.4. The van der Waals surface area contributed by atoms with Crippen molar-refractivity contribution < 1.29 is 0 Å². The van der Waals surface area contributed by atoms with Crippen molar-refractivity contribution in [3.63, 3.8) is 0 Å². The first-order chi connectivity index (χ1) is 12.1. The van der Waals surface area contributed by atoms with Crippen molar-refractivity contribution in [2.45, 2.75) is 0 Å². The molecule has 5 nitrogen and oxygen atoms in total. The fourth-order valence-corrected chi connectivity index (χ4v) is 3.49. The Labute approximate surface area is 152 Å². The summed E-state index contributed by atoms with van der Waals surface area (Å²) in [6.07, 6.45) is 1.62. The Bertz CT molecular complexity index is 1130. The van der Waals surface area contributed by atoms with Crippen molar-refractivity contribution in [1.82, 2.24) is 14.3 Å². The van der Waals surface area contributed by atoms with Crippen LogP contribution >= 0.6 is 23.2 Å². The SMILES string of the molecule is Nc1cc(Cl)c(-n2ncc3c2ccc(=O)n3-c2ccccc2)c(Cl)c1. The number of hydrogen-bond donors (Lipinski definition) is 1. The summed E-state index contributed by atoms with van der Waals surface area (Å²) < 4.78 is 3.20. The standard InChI is InChI=1S/C18H12Cl2N4O/c19-13-8-11(21)9-14(20)18(13)24-15-6-7-17(25)23(16(15)10-22-24)12-4-2-1-3-5-12/h1-10H,21H2. The lowest BCUT2D eigenvalue weighted by atomic mass is 10.2. The minimum absolute atomic E-state index is 0.146. The lowest BCUT2D eigenvalue weighted by Crippen LogP contribution is -2.17. The molecule has 0 saturated heterocycles. The lowest BCUT2D eigenvalue weighted by molar-refractivity contribution is 0.911. The fourth-order valence-electron chi connectivity index (χ4n) is 2.83. The molecule has 0 radical (unpaired) electrons. The van der Waals surface area contributed by atoms with Gasteiger partial charge in [-0.3, -0.25) is 9.36 Å².